The Morgan fingerprint density at radius 2 is 1.53 bits per heavy atom. The molecule has 19 heavy (non-hydrogen) atoms. The van der Waals surface area contributed by atoms with Gasteiger partial charge in [0.1, 0.15) is 12.1 Å². The van der Waals surface area contributed by atoms with Crippen LogP contribution in [0.1, 0.15) is 12.8 Å². The third kappa shape index (κ3) is 7.47. The van der Waals surface area contributed by atoms with Gasteiger partial charge in [0.2, 0.25) is 0 Å². The van der Waals surface area contributed by atoms with Gasteiger partial charge in [-0.25, -0.2) is 9.59 Å². The molecule has 0 spiro atoms. The van der Waals surface area contributed by atoms with Crippen LogP contribution >= 0.6 is 24.8 Å². The largest absolute Gasteiger partial charge is 0.481 e. The summed E-state index contributed by atoms with van der Waals surface area (Å²) in [6.45, 7) is 0. The van der Waals surface area contributed by atoms with E-state index in [2.05, 4.69) is 23.3 Å². The number of hydrogen-bond donors (Lipinski definition) is 6. The van der Waals surface area contributed by atoms with Crippen molar-refractivity contribution in [3.8, 4) is 0 Å². The first-order valence-electron chi connectivity index (χ1n) is 5.13. The number of aliphatic carboxylic acids is 3. The molecular formula is C9H14N2O6S2. The molecule has 108 valence electrons. The summed E-state index contributed by atoms with van der Waals surface area (Å²) in [6.07, 6.45) is -0.521. The SMILES string of the molecule is O=C(O)CCC(NC(=S)N[C@@H](CS)C(=O)O)C(=O)O. The normalized spacial score (nSPS) is 13.1. The fraction of sp³-hybridized carbons (Fsp3) is 0.556. The summed E-state index contributed by atoms with van der Waals surface area (Å²) in [5.74, 6) is -3.63. The smallest absolute Gasteiger partial charge is 0.327 e. The minimum absolute atomic E-state index is 0.0377. The number of carboxylic acids is 3. The van der Waals surface area contributed by atoms with Gasteiger partial charge in [0.25, 0.3) is 0 Å². The lowest BCUT2D eigenvalue weighted by Crippen LogP contribution is -2.51. The van der Waals surface area contributed by atoms with Gasteiger partial charge in [0.15, 0.2) is 5.11 Å². The van der Waals surface area contributed by atoms with E-state index in [9.17, 15) is 14.4 Å². The summed E-state index contributed by atoms with van der Waals surface area (Å²) < 4.78 is 0. The van der Waals surface area contributed by atoms with Crippen LogP contribution in [0.3, 0.4) is 0 Å². The van der Waals surface area contributed by atoms with Crippen LogP contribution in [0.2, 0.25) is 0 Å². The Labute approximate surface area is 119 Å². The standard InChI is InChI=1S/C9H14N2O6S2/c12-6(13)2-1-4(7(14)15)10-9(19)11-5(3-18)8(16)17/h4-5,18H,1-3H2,(H,12,13)(H,14,15)(H,16,17)(H2,10,11,19)/t4?,5-/m0/s1. The van der Waals surface area contributed by atoms with Gasteiger partial charge in [-0.05, 0) is 18.6 Å². The molecule has 0 saturated carbocycles. The third-order valence-corrected chi connectivity index (χ3v) is 2.64. The molecule has 0 amide bonds. The lowest BCUT2D eigenvalue weighted by Gasteiger charge is -2.19. The van der Waals surface area contributed by atoms with E-state index in [1.807, 2.05) is 0 Å². The van der Waals surface area contributed by atoms with Gasteiger partial charge >= 0.3 is 17.9 Å². The second-order valence-corrected chi connectivity index (χ2v) is 4.29. The van der Waals surface area contributed by atoms with Crippen LogP contribution in [0, 0.1) is 0 Å². The highest BCUT2D eigenvalue weighted by Crippen LogP contribution is 1.98. The highest BCUT2D eigenvalue weighted by molar-refractivity contribution is 7.80. The van der Waals surface area contributed by atoms with Crippen molar-refractivity contribution in [2.45, 2.75) is 24.9 Å². The lowest BCUT2D eigenvalue weighted by molar-refractivity contribution is -0.140. The first-order valence-corrected chi connectivity index (χ1v) is 6.17. The number of thiocarbonyl (C=S) groups is 1. The summed E-state index contributed by atoms with van der Waals surface area (Å²) in [6, 6.07) is -2.26. The Kier molecular flexibility index (Phi) is 7.84. The second kappa shape index (κ2) is 8.53. The van der Waals surface area contributed by atoms with Crippen molar-refractivity contribution in [1.82, 2.24) is 10.6 Å². The molecule has 10 heteroatoms. The Hall–Kier alpha value is -1.55. The van der Waals surface area contributed by atoms with Crippen LogP contribution in [0.4, 0.5) is 0 Å². The predicted molar refractivity (Wildman–Crippen MR) is 72.4 cm³/mol. The first-order chi connectivity index (χ1) is 8.77. The van der Waals surface area contributed by atoms with Crippen molar-refractivity contribution in [2.75, 3.05) is 5.75 Å². The molecule has 0 fully saturated rings. The van der Waals surface area contributed by atoms with E-state index in [0.29, 0.717) is 0 Å². The quantitative estimate of drug-likeness (QED) is 0.250. The van der Waals surface area contributed by atoms with Crippen molar-refractivity contribution in [1.29, 1.82) is 0 Å². The Balaban J connectivity index is 4.42. The van der Waals surface area contributed by atoms with Gasteiger partial charge in [0, 0.05) is 12.2 Å². The molecule has 0 rings (SSSR count). The molecule has 0 aliphatic rings. The third-order valence-electron chi connectivity index (χ3n) is 2.04. The topological polar surface area (TPSA) is 136 Å². The molecule has 0 bridgehead atoms. The highest BCUT2D eigenvalue weighted by Gasteiger charge is 2.22. The number of nitrogens with one attached hydrogen (secondary N) is 2. The average Bonchev–Trinajstić information content (AvgIpc) is 2.30. The van der Waals surface area contributed by atoms with E-state index in [1.165, 1.54) is 0 Å². The molecule has 0 heterocycles. The molecule has 0 aromatic rings. The molecule has 2 atom stereocenters. The van der Waals surface area contributed by atoms with Crippen LogP contribution in [0.25, 0.3) is 0 Å². The number of rotatable bonds is 8. The van der Waals surface area contributed by atoms with Gasteiger partial charge in [0.05, 0.1) is 0 Å². The number of thiol groups is 1. The molecule has 0 aromatic carbocycles. The molecule has 1 unspecified atom stereocenters. The van der Waals surface area contributed by atoms with E-state index >= 15 is 0 Å². The Morgan fingerprint density at radius 3 is 1.89 bits per heavy atom. The molecule has 0 saturated heterocycles. The fourth-order valence-electron chi connectivity index (χ4n) is 1.07. The maximum absolute atomic E-state index is 10.9. The number of carboxylic acid groups (broad SMARTS) is 3. The van der Waals surface area contributed by atoms with Crippen LogP contribution in [0.5, 0.6) is 0 Å². The maximum Gasteiger partial charge on any atom is 0.327 e. The van der Waals surface area contributed by atoms with Crippen molar-refractivity contribution in [3.05, 3.63) is 0 Å². The molecule has 5 N–H and O–H groups in total. The fourth-order valence-corrected chi connectivity index (χ4v) is 1.60. The van der Waals surface area contributed by atoms with E-state index in [-0.39, 0.29) is 23.7 Å². The van der Waals surface area contributed by atoms with Crippen LogP contribution in [-0.4, -0.2) is 56.2 Å². The maximum atomic E-state index is 10.9. The molecular weight excluding hydrogens is 296 g/mol. The second-order valence-electron chi connectivity index (χ2n) is 3.51. The van der Waals surface area contributed by atoms with Gasteiger partial charge in [-0.2, -0.15) is 12.6 Å². The summed E-state index contributed by atoms with van der Waals surface area (Å²) >= 11 is 8.57. The number of hydrogen-bond acceptors (Lipinski definition) is 5. The van der Waals surface area contributed by atoms with Gasteiger partial charge in [-0.15, -0.1) is 0 Å². The summed E-state index contributed by atoms with van der Waals surface area (Å²) in [7, 11) is 0. The zero-order valence-electron chi connectivity index (χ0n) is 9.70. The molecule has 0 aliphatic carbocycles. The highest BCUT2D eigenvalue weighted by atomic mass is 32.1. The van der Waals surface area contributed by atoms with Gasteiger partial charge in [-0.1, -0.05) is 0 Å². The molecule has 0 radical (unpaired) electrons. The van der Waals surface area contributed by atoms with E-state index in [4.69, 9.17) is 27.5 Å². The predicted octanol–water partition coefficient (Wildman–Crippen LogP) is -0.848. The van der Waals surface area contributed by atoms with E-state index < -0.39 is 30.0 Å². The zero-order valence-corrected chi connectivity index (χ0v) is 11.4. The lowest BCUT2D eigenvalue weighted by atomic mass is 10.1. The monoisotopic (exact) mass is 310 g/mol. The van der Waals surface area contributed by atoms with Gasteiger partial charge < -0.3 is 26.0 Å². The van der Waals surface area contributed by atoms with Crippen molar-refractivity contribution < 1.29 is 29.7 Å². The summed E-state index contributed by atoms with van der Waals surface area (Å²) in [5, 5.41) is 30.6. The Bertz CT molecular complexity index is 376. The van der Waals surface area contributed by atoms with E-state index in [1.54, 1.807) is 0 Å². The minimum Gasteiger partial charge on any atom is -0.481 e. The van der Waals surface area contributed by atoms with E-state index in [0.717, 1.165) is 0 Å². The summed E-state index contributed by atoms with van der Waals surface area (Å²) in [5.41, 5.74) is 0. The number of carbonyl (C=O) groups is 3. The van der Waals surface area contributed by atoms with Crippen LogP contribution < -0.4 is 10.6 Å². The van der Waals surface area contributed by atoms with Crippen LogP contribution in [0.15, 0.2) is 0 Å². The van der Waals surface area contributed by atoms with Crippen LogP contribution in [-0.2, 0) is 14.4 Å². The van der Waals surface area contributed by atoms with Gasteiger partial charge in [-0.3, -0.25) is 4.79 Å². The van der Waals surface area contributed by atoms with Crippen molar-refractivity contribution in [3.63, 3.8) is 0 Å². The van der Waals surface area contributed by atoms with Crippen molar-refractivity contribution >= 4 is 47.9 Å². The Morgan fingerprint density at radius 1 is 1.05 bits per heavy atom. The minimum atomic E-state index is -1.27. The zero-order chi connectivity index (χ0) is 15.0. The molecule has 0 aliphatic heterocycles. The molecule has 8 nitrogen and oxygen atoms in total. The van der Waals surface area contributed by atoms with Crippen molar-refractivity contribution in [2.24, 2.45) is 0 Å². The average molecular weight is 310 g/mol. The summed E-state index contributed by atoms with van der Waals surface area (Å²) in [4.78, 5) is 31.9. The first kappa shape index (κ1) is 17.4. The molecule has 0 aromatic heterocycles.